The molecule has 4 aromatic rings. The summed E-state index contributed by atoms with van der Waals surface area (Å²) in [5.41, 5.74) is 3.94. The maximum Gasteiger partial charge on any atom is 0.226 e. The van der Waals surface area contributed by atoms with Gasteiger partial charge in [-0.2, -0.15) is 5.10 Å². The van der Waals surface area contributed by atoms with E-state index in [-0.39, 0.29) is 5.91 Å². The fraction of sp³-hybridized carbons (Fsp3) is 0.200. The molecule has 3 N–H and O–H groups in total. The van der Waals surface area contributed by atoms with Crippen molar-refractivity contribution in [3.63, 3.8) is 0 Å². The molecule has 1 amide bonds. The summed E-state index contributed by atoms with van der Waals surface area (Å²) in [6.45, 7) is 0.578. The molecule has 132 valence electrons. The summed E-state index contributed by atoms with van der Waals surface area (Å²) in [5.74, 6) is 0.810. The molecule has 2 aromatic heterocycles. The Labute approximate surface area is 150 Å². The first-order valence-electron chi connectivity index (χ1n) is 8.57. The minimum absolute atomic E-state index is 0.0168. The third kappa shape index (κ3) is 3.13. The number of fused-ring (bicyclic) bond motifs is 2. The van der Waals surface area contributed by atoms with Gasteiger partial charge in [0.15, 0.2) is 0 Å². The van der Waals surface area contributed by atoms with E-state index in [2.05, 4.69) is 20.5 Å². The number of carbonyl (C=O) groups excluding carboxylic acids is 1. The van der Waals surface area contributed by atoms with Crippen LogP contribution in [0.3, 0.4) is 0 Å². The number of carbonyl (C=O) groups is 1. The van der Waals surface area contributed by atoms with E-state index in [0.717, 1.165) is 45.2 Å². The van der Waals surface area contributed by atoms with Crippen LogP contribution in [0, 0.1) is 0 Å². The van der Waals surface area contributed by atoms with Gasteiger partial charge in [0.2, 0.25) is 5.91 Å². The Morgan fingerprint density at radius 2 is 2.08 bits per heavy atom. The number of hydrogen-bond acceptors (Lipinski definition) is 3. The summed E-state index contributed by atoms with van der Waals surface area (Å²) in [6.07, 6.45) is 3.03. The number of hydrogen-bond donors (Lipinski definition) is 3. The molecule has 0 saturated carbocycles. The second kappa shape index (κ2) is 6.92. The standard InChI is InChI=1S/C20H20N4O2/c1-26-14-6-7-17-16(10-14)13(12-22-17)8-9-21-20(25)11-19-15-4-2-3-5-18(15)23-24-19/h2-7,10,12,22H,8-9,11H2,1H3,(H,21,25)(H,23,24). The minimum Gasteiger partial charge on any atom is -0.497 e. The summed E-state index contributed by atoms with van der Waals surface area (Å²) in [5, 5.41) is 12.3. The molecular weight excluding hydrogens is 328 g/mol. The molecule has 6 heteroatoms. The Kier molecular flexibility index (Phi) is 4.31. The molecule has 2 heterocycles. The number of methoxy groups -OCH3 is 1. The monoisotopic (exact) mass is 348 g/mol. The number of nitrogens with one attached hydrogen (secondary N) is 3. The van der Waals surface area contributed by atoms with Crippen molar-refractivity contribution in [3.05, 3.63) is 59.9 Å². The third-order valence-electron chi connectivity index (χ3n) is 4.57. The van der Waals surface area contributed by atoms with Gasteiger partial charge in [0.1, 0.15) is 5.75 Å². The smallest absolute Gasteiger partial charge is 0.226 e. The summed E-state index contributed by atoms with van der Waals surface area (Å²) in [6, 6.07) is 13.7. The third-order valence-corrected chi connectivity index (χ3v) is 4.57. The SMILES string of the molecule is COc1ccc2[nH]cc(CCNC(=O)Cc3[nH]nc4ccccc34)c2c1. The molecule has 0 radical (unpaired) electrons. The Bertz CT molecular complexity index is 1060. The van der Waals surface area contributed by atoms with Crippen molar-refractivity contribution >= 4 is 27.7 Å². The number of ether oxygens (including phenoxy) is 1. The number of aromatic nitrogens is 3. The zero-order valence-corrected chi connectivity index (χ0v) is 14.5. The second-order valence-electron chi connectivity index (χ2n) is 6.22. The van der Waals surface area contributed by atoms with Gasteiger partial charge in [0.25, 0.3) is 0 Å². The van der Waals surface area contributed by atoms with Crippen LogP contribution < -0.4 is 10.1 Å². The van der Waals surface area contributed by atoms with E-state index in [1.54, 1.807) is 7.11 Å². The van der Waals surface area contributed by atoms with Gasteiger partial charge in [0, 0.05) is 29.0 Å². The van der Waals surface area contributed by atoms with Crippen LogP contribution in [-0.2, 0) is 17.6 Å². The van der Waals surface area contributed by atoms with Crippen LogP contribution in [0.1, 0.15) is 11.3 Å². The highest BCUT2D eigenvalue weighted by Gasteiger charge is 2.10. The van der Waals surface area contributed by atoms with Gasteiger partial charge in [-0.05, 0) is 36.2 Å². The van der Waals surface area contributed by atoms with Gasteiger partial charge < -0.3 is 15.0 Å². The largest absolute Gasteiger partial charge is 0.497 e. The Balaban J connectivity index is 1.38. The highest BCUT2D eigenvalue weighted by molar-refractivity contribution is 5.87. The molecule has 0 saturated heterocycles. The number of benzene rings is 2. The molecule has 0 aliphatic rings. The highest BCUT2D eigenvalue weighted by Crippen LogP contribution is 2.23. The normalized spacial score (nSPS) is 11.1. The first-order valence-corrected chi connectivity index (χ1v) is 8.57. The minimum atomic E-state index is -0.0168. The summed E-state index contributed by atoms with van der Waals surface area (Å²) < 4.78 is 5.29. The lowest BCUT2D eigenvalue weighted by Gasteiger charge is -2.05. The zero-order chi connectivity index (χ0) is 17.9. The van der Waals surface area contributed by atoms with E-state index in [1.807, 2.05) is 48.7 Å². The summed E-state index contributed by atoms with van der Waals surface area (Å²) >= 11 is 0. The topological polar surface area (TPSA) is 82.8 Å². The lowest BCUT2D eigenvalue weighted by molar-refractivity contribution is -0.120. The Morgan fingerprint density at radius 1 is 1.19 bits per heavy atom. The van der Waals surface area contributed by atoms with Crippen molar-refractivity contribution in [1.29, 1.82) is 0 Å². The van der Waals surface area contributed by atoms with E-state index in [1.165, 1.54) is 0 Å². The van der Waals surface area contributed by atoms with Crippen LogP contribution in [0.25, 0.3) is 21.8 Å². The fourth-order valence-corrected chi connectivity index (χ4v) is 3.20. The Hall–Kier alpha value is -3.28. The van der Waals surface area contributed by atoms with Crippen molar-refractivity contribution in [2.45, 2.75) is 12.8 Å². The van der Waals surface area contributed by atoms with E-state index < -0.39 is 0 Å². The highest BCUT2D eigenvalue weighted by atomic mass is 16.5. The van der Waals surface area contributed by atoms with Gasteiger partial charge in [0.05, 0.1) is 24.7 Å². The van der Waals surface area contributed by atoms with Gasteiger partial charge in [-0.1, -0.05) is 18.2 Å². The quantitative estimate of drug-likeness (QED) is 0.501. The maximum atomic E-state index is 12.3. The average molecular weight is 348 g/mol. The predicted octanol–water partition coefficient (Wildman–Crippen LogP) is 2.95. The molecule has 26 heavy (non-hydrogen) atoms. The average Bonchev–Trinajstić information content (AvgIpc) is 3.26. The predicted molar refractivity (Wildman–Crippen MR) is 101 cm³/mol. The molecule has 0 spiro atoms. The first kappa shape index (κ1) is 16.2. The van der Waals surface area contributed by atoms with E-state index >= 15 is 0 Å². The molecule has 0 bridgehead atoms. The maximum absolute atomic E-state index is 12.3. The fourth-order valence-electron chi connectivity index (χ4n) is 3.20. The van der Waals surface area contributed by atoms with Crippen molar-refractivity contribution < 1.29 is 9.53 Å². The molecule has 6 nitrogen and oxygen atoms in total. The molecule has 2 aromatic carbocycles. The number of rotatable bonds is 6. The van der Waals surface area contributed by atoms with E-state index in [0.29, 0.717) is 13.0 Å². The molecule has 0 aliphatic carbocycles. The summed E-state index contributed by atoms with van der Waals surface area (Å²) in [7, 11) is 1.66. The lowest BCUT2D eigenvalue weighted by atomic mass is 10.1. The van der Waals surface area contributed by atoms with Crippen molar-refractivity contribution in [2.75, 3.05) is 13.7 Å². The van der Waals surface area contributed by atoms with Gasteiger partial charge in [-0.15, -0.1) is 0 Å². The van der Waals surface area contributed by atoms with Gasteiger partial charge >= 0.3 is 0 Å². The molecule has 0 fully saturated rings. The molecule has 0 aliphatic heterocycles. The molecule has 0 atom stereocenters. The lowest BCUT2D eigenvalue weighted by Crippen LogP contribution is -2.27. The number of nitrogens with zero attached hydrogens (tertiary/aromatic N) is 1. The number of amides is 1. The van der Waals surface area contributed by atoms with Crippen molar-refractivity contribution in [1.82, 2.24) is 20.5 Å². The number of aromatic amines is 2. The Morgan fingerprint density at radius 3 is 2.96 bits per heavy atom. The summed E-state index contributed by atoms with van der Waals surface area (Å²) in [4.78, 5) is 15.5. The van der Waals surface area contributed by atoms with Crippen LogP contribution in [0.4, 0.5) is 0 Å². The van der Waals surface area contributed by atoms with Gasteiger partial charge in [-0.25, -0.2) is 0 Å². The first-order chi connectivity index (χ1) is 12.7. The van der Waals surface area contributed by atoms with Crippen LogP contribution in [0.2, 0.25) is 0 Å². The van der Waals surface area contributed by atoms with Crippen molar-refractivity contribution in [3.8, 4) is 5.75 Å². The van der Waals surface area contributed by atoms with Crippen LogP contribution in [0.15, 0.2) is 48.7 Å². The zero-order valence-electron chi connectivity index (χ0n) is 14.5. The van der Waals surface area contributed by atoms with Crippen LogP contribution in [-0.4, -0.2) is 34.7 Å². The van der Waals surface area contributed by atoms with Gasteiger partial charge in [-0.3, -0.25) is 9.89 Å². The number of H-pyrrole nitrogens is 2. The van der Waals surface area contributed by atoms with E-state index in [9.17, 15) is 4.79 Å². The molecular formula is C20H20N4O2. The van der Waals surface area contributed by atoms with Crippen LogP contribution in [0.5, 0.6) is 5.75 Å². The number of para-hydroxylation sites is 1. The molecule has 4 rings (SSSR count). The second-order valence-corrected chi connectivity index (χ2v) is 6.22. The molecule has 0 unspecified atom stereocenters. The van der Waals surface area contributed by atoms with E-state index in [4.69, 9.17) is 4.74 Å². The van der Waals surface area contributed by atoms with Crippen molar-refractivity contribution in [2.24, 2.45) is 0 Å². The van der Waals surface area contributed by atoms with Crippen LogP contribution >= 0.6 is 0 Å².